The Balaban J connectivity index is 1.57. The number of pyridine rings is 1. The van der Waals surface area contributed by atoms with Gasteiger partial charge in [-0.3, -0.25) is 14.6 Å². The van der Waals surface area contributed by atoms with Gasteiger partial charge < -0.3 is 5.32 Å². The Labute approximate surface area is 163 Å². The van der Waals surface area contributed by atoms with Crippen molar-refractivity contribution in [3.63, 3.8) is 0 Å². The minimum atomic E-state index is -0.303. The molecule has 0 aliphatic rings. The maximum absolute atomic E-state index is 12.5. The Morgan fingerprint density at radius 1 is 1.11 bits per heavy atom. The summed E-state index contributed by atoms with van der Waals surface area (Å²) in [7, 11) is 1.52. The second-order valence-corrected chi connectivity index (χ2v) is 6.75. The number of aromatic nitrogens is 5. The lowest BCUT2D eigenvalue weighted by molar-refractivity contribution is 0.0953. The Morgan fingerprint density at radius 2 is 2.00 bits per heavy atom. The zero-order chi connectivity index (χ0) is 19.5. The van der Waals surface area contributed by atoms with Gasteiger partial charge in [-0.05, 0) is 18.2 Å². The van der Waals surface area contributed by atoms with Crippen LogP contribution < -0.4 is 5.32 Å². The monoisotopic (exact) mass is 390 g/mol. The van der Waals surface area contributed by atoms with E-state index < -0.39 is 0 Å². The van der Waals surface area contributed by atoms with Crippen molar-refractivity contribution in [2.75, 3.05) is 7.05 Å². The Hall–Kier alpha value is -3.59. The van der Waals surface area contributed by atoms with Crippen molar-refractivity contribution in [1.82, 2.24) is 30.5 Å². The highest BCUT2D eigenvalue weighted by molar-refractivity contribution is 7.12. The second-order valence-electron chi connectivity index (χ2n) is 5.91. The van der Waals surface area contributed by atoms with E-state index in [4.69, 9.17) is 0 Å². The first kappa shape index (κ1) is 17.8. The van der Waals surface area contributed by atoms with Crippen molar-refractivity contribution in [2.45, 2.75) is 6.42 Å². The van der Waals surface area contributed by atoms with E-state index in [1.807, 2.05) is 18.2 Å². The minimum absolute atomic E-state index is 0.0416. The van der Waals surface area contributed by atoms with Crippen LogP contribution in [0.2, 0.25) is 0 Å². The highest BCUT2D eigenvalue weighted by Crippen LogP contribution is 2.24. The fraction of sp³-hybridized carbons (Fsp3) is 0.105. The number of nitrogens with one attached hydrogen (secondary N) is 1. The lowest BCUT2D eigenvalue weighted by atomic mass is 10.1. The third-order valence-corrected chi connectivity index (χ3v) is 4.84. The molecule has 0 fully saturated rings. The number of hydrogen-bond acceptors (Lipinski definition) is 8. The van der Waals surface area contributed by atoms with Gasteiger partial charge in [-0.15, -0.1) is 10.2 Å². The SMILES string of the molecule is CNC(=O)c1ccc(C(=O)Cc2ncc3ccc(-c4nncs4)cc3n2)cn1. The molecule has 138 valence electrons. The molecule has 0 saturated carbocycles. The zero-order valence-electron chi connectivity index (χ0n) is 14.8. The summed E-state index contributed by atoms with van der Waals surface area (Å²) in [6, 6.07) is 8.86. The molecule has 0 bridgehead atoms. The van der Waals surface area contributed by atoms with Crippen LogP contribution in [0.15, 0.2) is 48.2 Å². The van der Waals surface area contributed by atoms with Gasteiger partial charge in [0.1, 0.15) is 22.0 Å². The normalized spacial score (nSPS) is 10.8. The zero-order valence-corrected chi connectivity index (χ0v) is 15.6. The van der Waals surface area contributed by atoms with E-state index in [0.29, 0.717) is 11.4 Å². The predicted octanol–water partition coefficient (Wildman–Crippen LogP) is 2.33. The van der Waals surface area contributed by atoms with E-state index in [1.54, 1.807) is 17.8 Å². The predicted molar refractivity (Wildman–Crippen MR) is 104 cm³/mol. The number of benzene rings is 1. The summed E-state index contributed by atoms with van der Waals surface area (Å²) >= 11 is 1.45. The molecule has 4 rings (SSSR count). The lowest BCUT2D eigenvalue weighted by Crippen LogP contribution is -2.19. The Morgan fingerprint density at radius 3 is 2.71 bits per heavy atom. The van der Waals surface area contributed by atoms with Gasteiger partial charge in [0.05, 0.1) is 11.9 Å². The number of nitrogens with zero attached hydrogens (tertiary/aromatic N) is 5. The fourth-order valence-corrected chi connectivity index (χ4v) is 3.20. The quantitative estimate of drug-likeness (QED) is 0.521. The first-order valence-electron chi connectivity index (χ1n) is 8.37. The van der Waals surface area contributed by atoms with Crippen molar-refractivity contribution in [2.24, 2.45) is 0 Å². The van der Waals surface area contributed by atoms with Crippen molar-refractivity contribution in [3.8, 4) is 10.6 Å². The van der Waals surface area contributed by atoms with Crippen LogP contribution in [-0.4, -0.2) is 43.9 Å². The maximum atomic E-state index is 12.5. The molecule has 3 heterocycles. The number of ketones is 1. The van der Waals surface area contributed by atoms with E-state index in [9.17, 15) is 9.59 Å². The number of amides is 1. The van der Waals surface area contributed by atoms with Gasteiger partial charge in [-0.2, -0.15) is 0 Å². The van der Waals surface area contributed by atoms with Crippen LogP contribution in [0.5, 0.6) is 0 Å². The molecule has 1 aromatic carbocycles. The maximum Gasteiger partial charge on any atom is 0.269 e. The van der Waals surface area contributed by atoms with E-state index in [0.717, 1.165) is 21.5 Å². The van der Waals surface area contributed by atoms with Crippen LogP contribution in [0.3, 0.4) is 0 Å². The van der Waals surface area contributed by atoms with Crippen LogP contribution in [0.25, 0.3) is 21.5 Å². The van der Waals surface area contributed by atoms with E-state index in [2.05, 4.69) is 30.5 Å². The van der Waals surface area contributed by atoms with Crippen molar-refractivity contribution < 1.29 is 9.59 Å². The molecule has 0 unspecified atom stereocenters. The smallest absolute Gasteiger partial charge is 0.269 e. The summed E-state index contributed by atoms with van der Waals surface area (Å²) in [4.78, 5) is 36.9. The molecule has 1 N–H and O–H groups in total. The summed E-state index contributed by atoms with van der Waals surface area (Å²) in [5, 5.41) is 12.1. The number of fused-ring (bicyclic) bond motifs is 1. The fourth-order valence-electron chi connectivity index (χ4n) is 2.65. The molecule has 9 heteroatoms. The third-order valence-electron chi connectivity index (χ3n) is 4.10. The average Bonchev–Trinajstić information content (AvgIpc) is 3.27. The van der Waals surface area contributed by atoms with E-state index in [1.165, 1.54) is 30.6 Å². The number of Topliss-reactive ketones (excluding diaryl/α,β-unsaturated/α-hetero) is 1. The summed E-state index contributed by atoms with van der Waals surface area (Å²) in [5.41, 5.74) is 3.98. The van der Waals surface area contributed by atoms with Gasteiger partial charge in [0.25, 0.3) is 5.91 Å². The number of hydrogen-bond donors (Lipinski definition) is 1. The lowest BCUT2D eigenvalue weighted by Gasteiger charge is -2.04. The van der Waals surface area contributed by atoms with Gasteiger partial charge in [0.15, 0.2) is 5.78 Å². The van der Waals surface area contributed by atoms with E-state index in [-0.39, 0.29) is 23.8 Å². The van der Waals surface area contributed by atoms with Crippen LogP contribution >= 0.6 is 11.3 Å². The molecule has 3 aromatic heterocycles. The number of rotatable bonds is 5. The molecule has 1 amide bonds. The van der Waals surface area contributed by atoms with Gasteiger partial charge in [0, 0.05) is 36.0 Å². The highest BCUT2D eigenvalue weighted by Gasteiger charge is 2.13. The van der Waals surface area contributed by atoms with Crippen molar-refractivity contribution in [1.29, 1.82) is 0 Å². The Kier molecular flexibility index (Phi) is 4.81. The topological polar surface area (TPSA) is 111 Å². The van der Waals surface area contributed by atoms with Gasteiger partial charge in [0.2, 0.25) is 0 Å². The summed E-state index contributed by atoms with van der Waals surface area (Å²) < 4.78 is 0. The first-order valence-corrected chi connectivity index (χ1v) is 9.25. The summed E-state index contributed by atoms with van der Waals surface area (Å²) in [6.45, 7) is 0. The number of carbonyl (C=O) groups excluding carboxylic acids is 2. The molecule has 0 spiro atoms. The molecule has 4 aromatic rings. The molecule has 0 saturated heterocycles. The van der Waals surface area contributed by atoms with Crippen molar-refractivity contribution >= 4 is 33.9 Å². The Bertz CT molecular complexity index is 1160. The molecular weight excluding hydrogens is 376 g/mol. The highest BCUT2D eigenvalue weighted by atomic mass is 32.1. The van der Waals surface area contributed by atoms with Crippen LogP contribution in [0.4, 0.5) is 0 Å². The third kappa shape index (κ3) is 3.60. The van der Waals surface area contributed by atoms with Gasteiger partial charge in [-0.1, -0.05) is 23.5 Å². The molecule has 0 atom stereocenters. The molecular formula is C19H14N6O2S. The molecule has 0 aliphatic heterocycles. The molecule has 0 aliphatic carbocycles. The average molecular weight is 390 g/mol. The van der Waals surface area contributed by atoms with Gasteiger partial charge in [-0.25, -0.2) is 9.97 Å². The van der Waals surface area contributed by atoms with Crippen molar-refractivity contribution in [3.05, 3.63) is 65.3 Å². The van der Waals surface area contributed by atoms with Crippen LogP contribution in [-0.2, 0) is 6.42 Å². The molecule has 0 radical (unpaired) electrons. The molecule has 28 heavy (non-hydrogen) atoms. The van der Waals surface area contributed by atoms with E-state index >= 15 is 0 Å². The first-order chi connectivity index (χ1) is 13.6. The minimum Gasteiger partial charge on any atom is -0.354 e. The standard InChI is InChI=1S/C19H14N6O2S/c1-20-18(27)14-5-4-13(9-21-14)16(26)7-17-22-8-12-3-2-11(6-15(12)24-17)19-25-23-10-28-19/h2-6,8-10H,7H2,1H3,(H,20,27). The van der Waals surface area contributed by atoms with Gasteiger partial charge >= 0.3 is 0 Å². The summed E-state index contributed by atoms with van der Waals surface area (Å²) in [6.07, 6.45) is 3.13. The second kappa shape index (κ2) is 7.57. The largest absolute Gasteiger partial charge is 0.354 e. The summed E-state index contributed by atoms with van der Waals surface area (Å²) in [5.74, 6) is -0.0547. The number of carbonyl (C=O) groups is 2. The molecule has 8 nitrogen and oxygen atoms in total. The van der Waals surface area contributed by atoms with Crippen LogP contribution in [0.1, 0.15) is 26.7 Å². The van der Waals surface area contributed by atoms with Crippen LogP contribution in [0, 0.1) is 0 Å².